The molecule has 23 heavy (non-hydrogen) atoms. The van der Waals surface area contributed by atoms with E-state index in [1.807, 2.05) is 0 Å². The minimum Gasteiger partial charge on any atom is -0.367 e. The molecule has 0 aliphatic carbocycles. The van der Waals surface area contributed by atoms with E-state index in [4.69, 9.17) is 0 Å². The van der Waals surface area contributed by atoms with Crippen LogP contribution >= 0.6 is 0 Å². The minimum atomic E-state index is 1.27. The predicted octanol–water partition coefficient (Wildman–Crippen LogP) is 7.60. The lowest BCUT2D eigenvalue weighted by Gasteiger charge is -2.05. The first-order valence-corrected chi connectivity index (χ1v) is 10.5. The highest BCUT2D eigenvalue weighted by Gasteiger charge is 2.03. The average molecular weight is 320 g/mol. The second kappa shape index (κ2) is 14.8. The van der Waals surface area contributed by atoms with Crippen molar-refractivity contribution in [3.63, 3.8) is 0 Å². The largest absolute Gasteiger partial charge is 0.367 e. The van der Waals surface area contributed by atoms with Crippen molar-refractivity contribution in [3.05, 3.63) is 23.5 Å². The molecule has 0 amide bonds. The number of aryl methyl sites for hydroxylation is 2. The van der Waals surface area contributed by atoms with E-state index in [1.54, 1.807) is 11.1 Å². The molecular formula is C22H41N. The third-order valence-electron chi connectivity index (χ3n) is 5.03. The Morgan fingerprint density at radius 1 is 0.522 bits per heavy atom. The van der Waals surface area contributed by atoms with Crippen molar-refractivity contribution in [2.75, 3.05) is 0 Å². The van der Waals surface area contributed by atoms with Crippen molar-refractivity contribution in [2.24, 2.45) is 0 Å². The predicted molar refractivity (Wildman–Crippen MR) is 104 cm³/mol. The van der Waals surface area contributed by atoms with Crippen LogP contribution in [0, 0.1) is 0 Å². The van der Waals surface area contributed by atoms with Gasteiger partial charge in [-0.05, 0) is 36.8 Å². The summed E-state index contributed by atoms with van der Waals surface area (Å²) < 4.78 is 0. The zero-order chi connectivity index (χ0) is 16.6. The van der Waals surface area contributed by atoms with Gasteiger partial charge in [0.2, 0.25) is 0 Å². The SMILES string of the molecule is CCCCCCCCCCCCc1c[nH]cc1CCCCCC. The zero-order valence-electron chi connectivity index (χ0n) is 16.0. The summed E-state index contributed by atoms with van der Waals surface area (Å²) in [5.74, 6) is 0. The van der Waals surface area contributed by atoms with Crippen LogP contribution in [0.4, 0.5) is 0 Å². The van der Waals surface area contributed by atoms with Gasteiger partial charge < -0.3 is 4.98 Å². The summed E-state index contributed by atoms with van der Waals surface area (Å²) in [6, 6.07) is 0. The van der Waals surface area contributed by atoms with E-state index in [2.05, 4.69) is 31.2 Å². The molecule has 0 aromatic carbocycles. The minimum absolute atomic E-state index is 1.27. The quantitative estimate of drug-likeness (QED) is 0.302. The van der Waals surface area contributed by atoms with Gasteiger partial charge in [0.15, 0.2) is 0 Å². The van der Waals surface area contributed by atoms with Gasteiger partial charge in [-0.25, -0.2) is 0 Å². The van der Waals surface area contributed by atoms with Crippen LogP contribution in [0.2, 0.25) is 0 Å². The van der Waals surface area contributed by atoms with Crippen LogP contribution in [-0.2, 0) is 12.8 Å². The Bertz CT molecular complexity index is 353. The van der Waals surface area contributed by atoms with E-state index >= 15 is 0 Å². The lowest BCUT2D eigenvalue weighted by molar-refractivity contribution is 0.556. The molecule has 1 heterocycles. The van der Waals surface area contributed by atoms with Crippen LogP contribution in [-0.4, -0.2) is 4.98 Å². The zero-order valence-corrected chi connectivity index (χ0v) is 16.0. The molecule has 1 aromatic rings. The third-order valence-corrected chi connectivity index (χ3v) is 5.03. The van der Waals surface area contributed by atoms with E-state index < -0.39 is 0 Å². The van der Waals surface area contributed by atoms with Crippen LogP contribution < -0.4 is 0 Å². The molecule has 1 rings (SSSR count). The van der Waals surface area contributed by atoms with Gasteiger partial charge in [0.05, 0.1) is 0 Å². The normalized spacial score (nSPS) is 11.2. The molecule has 0 aliphatic heterocycles. The molecule has 1 nitrogen and oxygen atoms in total. The number of H-pyrrole nitrogens is 1. The fraction of sp³-hybridized carbons (Fsp3) is 0.818. The first-order chi connectivity index (χ1) is 11.4. The highest BCUT2D eigenvalue weighted by atomic mass is 14.6. The maximum Gasteiger partial charge on any atom is 0.00401 e. The van der Waals surface area contributed by atoms with Crippen molar-refractivity contribution >= 4 is 0 Å². The van der Waals surface area contributed by atoms with E-state index in [0.29, 0.717) is 0 Å². The van der Waals surface area contributed by atoms with Crippen LogP contribution in [0.25, 0.3) is 0 Å². The van der Waals surface area contributed by atoms with Crippen LogP contribution in [0.3, 0.4) is 0 Å². The van der Waals surface area contributed by atoms with Crippen molar-refractivity contribution in [1.82, 2.24) is 4.98 Å². The van der Waals surface area contributed by atoms with E-state index in [9.17, 15) is 0 Å². The molecule has 1 aromatic heterocycles. The van der Waals surface area contributed by atoms with Gasteiger partial charge in [-0.2, -0.15) is 0 Å². The van der Waals surface area contributed by atoms with E-state index in [1.165, 1.54) is 103 Å². The first kappa shape index (κ1) is 20.3. The van der Waals surface area contributed by atoms with E-state index in [0.717, 1.165) is 0 Å². The maximum atomic E-state index is 3.32. The Balaban J connectivity index is 1.98. The monoisotopic (exact) mass is 319 g/mol. The molecule has 134 valence electrons. The summed E-state index contributed by atoms with van der Waals surface area (Å²) >= 11 is 0. The topological polar surface area (TPSA) is 15.8 Å². The Morgan fingerprint density at radius 3 is 1.30 bits per heavy atom. The van der Waals surface area contributed by atoms with Crippen LogP contribution in [0.5, 0.6) is 0 Å². The van der Waals surface area contributed by atoms with Crippen LogP contribution in [0.15, 0.2) is 12.4 Å². The Kier molecular flexibility index (Phi) is 13.1. The smallest absolute Gasteiger partial charge is 0.00401 e. The fourth-order valence-electron chi connectivity index (χ4n) is 3.44. The lowest BCUT2D eigenvalue weighted by Crippen LogP contribution is -1.91. The lowest BCUT2D eigenvalue weighted by atomic mass is 10.0. The highest BCUT2D eigenvalue weighted by Crippen LogP contribution is 2.17. The number of rotatable bonds is 16. The molecule has 0 spiro atoms. The van der Waals surface area contributed by atoms with Gasteiger partial charge in [-0.1, -0.05) is 90.9 Å². The summed E-state index contributed by atoms with van der Waals surface area (Å²) in [5, 5.41) is 0. The summed E-state index contributed by atoms with van der Waals surface area (Å²) in [6.45, 7) is 4.58. The molecule has 0 radical (unpaired) electrons. The van der Waals surface area contributed by atoms with E-state index in [-0.39, 0.29) is 0 Å². The molecule has 0 unspecified atom stereocenters. The molecular weight excluding hydrogens is 278 g/mol. The molecule has 0 fully saturated rings. The van der Waals surface area contributed by atoms with Crippen molar-refractivity contribution in [2.45, 2.75) is 117 Å². The number of nitrogens with one attached hydrogen (secondary N) is 1. The molecule has 1 heteroatoms. The number of hydrogen-bond acceptors (Lipinski definition) is 0. The number of aromatic amines is 1. The van der Waals surface area contributed by atoms with Crippen molar-refractivity contribution in [3.8, 4) is 0 Å². The Morgan fingerprint density at radius 2 is 0.870 bits per heavy atom. The van der Waals surface area contributed by atoms with Gasteiger partial charge in [0.1, 0.15) is 0 Å². The van der Waals surface area contributed by atoms with Gasteiger partial charge in [0.25, 0.3) is 0 Å². The summed E-state index contributed by atoms with van der Waals surface area (Å²) in [6.07, 6.45) is 26.8. The van der Waals surface area contributed by atoms with Gasteiger partial charge in [-0.15, -0.1) is 0 Å². The summed E-state index contributed by atoms with van der Waals surface area (Å²) in [5.41, 5.74) is 3.16. The molecule has 0 aliphatic rings. The van der Waals surface area contributed by atoms with Crippen LogP contribution in [0.1, 0.15) is 115 Å². The van der Waals surface area contributed by atoms with Crippen molar-refractivity contribution in [1.29, 1.82) is 0 Å². The Labute approximate surface area is 145 Å². The standard InChI is InChI=1S/C22H41N/c1-3-5-7-9-10-11-12-13-14-16-18-22-20-23-19-21(22)17-15-8-6-4-2/h19-20,23H,3-18H2,1-2H3. The van der Waals surface area contributed by atoms with Gasteiger partial charge >= 0.3 is 0 Å². The first-order valence-electron chi connectivity index (χ1n) is 10.5. The second-order valence-corrected chi connectivity index (χ2v) is 7.25. The maximum absolute atomic E-state index is 3.32. The summed E-state index contributed by atoms with van der Waals surface area (Å²) in [4.78, 5) is 3.32. The van der Waals surface area contributed by atoms with Crippen molar-refractivity contribution < 1.29 is 0 Å². The van der Waals surface area contributed by atoms with Gasteiger partial charge in [0, 0.05) is 12.4 Å². The Hall–Kier alpha value is -0.720. The number of unbranched alkanes of at least 4 members (excludes halogenated alkanes) is 12. The molecule has 0 saturated heterocycles. The highest BCUT2D eigenvalue weighted by molar-refractivity contribution is 5.23. The average Bonchev–Trinajstić information content (AvgIpc) is 3.01. The van der Waals surface area contributed by atoms with Gasteiger partial charge in [-0.3, -0.25) is 0 Å². The third kappa shape index (κ3) is 10.6. The molecule has 0 saturated carbocycles. The number of aromatic nitrogens is 1. The second-order valence-electron chi connectivity index (χ2n) is 7.25. The number of hydrogen-bond donors (Lipinski definition) is 1. The molecule has 1 N–H and O–H groups in total. The fourth-order valence-corrected chi connectivity index (χ4v) is 3.44. The summed E-state index contributed by atoms with van der Waals surface area (Å²) in [7, 11) is 0. The molecule has 0 atom stereocenters. The molecule has 0 bridgehead atoms.